The van der Waals surface area contributed by atoms with Crippen molar-refractivity contribution >= 4 is 15.7 Å². The highest BCUT2D eigenvalue weighted by molar-refractivity contribution is 7.92. The molecule has 1 N–H and O–H groups in total. The van der Waals surface area contributed by atoms with Crippen molar-refractivity contribution in [2.75, 3.05) is 13.1 Å². The highest BCUT2D eigenvalue weighted by atomic mass is 32.2. The van der Waals surface area contributed by atoms with E-state index in [0.29, 0.717) is 48.5 Å². The highest BCUT2D eigenvalue weighted by Gasteiger charge is 2.45. The summed E-state index contributed by atoms with van der Waals surface area (Å²) < 4.78 is 33.2. The number of nitriles is 1. The molecule has 2 aliphatic heterocycles. The van der Waals surface area contributed by atoms with E-state index in [1.165, 1.54) is 12.1 Å². The second-order valence-electron chi connectivity index (χ2n) is 9.52. The van der Waals surface area contributed by atoms with Crippen LogP contribution in [-0.4, -0.2) is 47.2 Å². The molecule has 0 atom stereocenters. The van der Waals surface area contributed by atoms with Gasteiger partial charge in [-0.3, -0.25) is 9.36 Å². The van der Waals surface area contributed by atoms with Crippen LogP contribution in [0.25, 0.3) is 5.69 Å². The van der Waals surface area contributed by atoms with Gasteiger partial charge in [-0.1, -0.05) is 6.07 Å². The van der Waals surface area contributed by atoms with E-state index >= 15 is 0 Å². The first-order chi connectivity index (χ1) is 17.2. The van der Waals surface area contributed by atoms with Crippen LogP contribution in [0.15, 0.2) is 59.5 Å². The molecular weight excluding hydrogens is 478 g/mol. The van der Waals surface area contributed by atoms with E-state index < -0.39 is 20.7 Å². The molecule has 8 nitrogen and oxygen atoms in total. The van der Waals surface area contributed by atoms with Gasteiger partial charge < -0.3 is 14.7 Å². The third kappa shape index (κ3) is 3.77. The number of amides is 1. The molecule has 188 valence electrons. The number of nitrogens with zero attached hydrogens (tertiary/aromatic N) is 3. The summed E-state index contributed by atoms with van der Waals surface area (Å²) in [5.41, 5.74) is 2.57. The van der Waals surface area contributed by atoms with E-state index in [2.05, 4.69) is 6.07 Å². The second kappa shape index (κ2) is 8.80. The molecule has 0 aliphatic carbocycles. The second-order valence-corrected chi connectivity index (χ2v) is 12.0. The third-order valence-corrected chi connectivity index (χ3v) is 9.29. The van der Waals surface area contributed by atoms with Crippen LogP contribution < -0.4 is 4.74 Å². The van der Waals surface area contributed by atoms with Gasteiger partial charge in [-0.15, -0.1) is 0 Å². The minimum absolute atomic E-state index is 0. The molecule has 1 spiro atoms. The van der Waals surface area contributed by atoms with Crippen molar-refractivity contribution in [3.63, 3.8) is 0 Å². The zero-order valence-corrected chi connectivity index (χ0v) is 21.0. The summed E-state index contributed by atoms with van der Waals surface area (Å²) in [7, 11) is -3.40. The maximum absolute atomic E-state index is 13.2. The molecule has 3 aromatic rings. The Morgan fingerprint density at radius 2 is 1.83 bits per heavy atom. The Hall–Kier alpha value is -3.61. The lowest BCUT2D eigenvalue weighted by Crippen LogP contribution is -2.50. The number of hydrogen-bond donors (Lipinski definition) is 1. The number of fused-ring (bicyclic) bond motifs is 4. The van der Waals surface area contributed by atoms with Gasteiger partial charge >= 0.3 is 0 Å². The zero-order chi connectivity index (χ0) is 25.7. The average molecular weight is 508 g/mol. The van der Waals surface area contributed by atoms with Crippen LogP contribution >= 0.6 is 0 Å². The fourth-order valence-corrected chi connectivity index (χ4v) is 6.06. The Morgan fingerprint density at radius 3 is 2.44 bits per heavy atom. The lowest BCUT2D eigenvalue weighted by atomic mass is 9.86. The number of hydrogen-bond acceptors (Lipinski definition) is 6. The SMILES string of the molecule is CC(C)S(=O)(=O)c1ccc(C(=O)N2CCC3(CC2)Oc2cc(CO)ccc2-n2c(C#N)ccc23)cc1.[HH]. The number of ether oxygens (including phenoxy) is 1. The van der Waals surface area contributed by atoms with Crippen LogP contribution in [0.2, 0.25) is 0 Å². The summed E-state index contributed by atoms with van der Waals surface area (Å²) in [6.07, 6.45) is 1.05. The van der Waals surface area contributed by atoms with E-state index in [9.17, 15) is 23.6 Å². The normalized spacial score (nSPS) is 16.2. The van der Waals surface area contributed by atoms with Gasteiger partial charge in [0, 0.05) is 32.9 Å². The molecule has 1 saturated heterocycles. The van der Waals surface area contributed by atoms with E-state index in [-0.39, 0.29) is 18.8 Å². The van der Waals surface area contributed by atoms with E-state index in [1.54, 1.807) is 43.0 Å². The zero-order valence-electron chi connectivity index (χ0n) is 20.1. The number of sulfone groups is 1. The van der Waals surface area contributed by atoms with Crippen LogP contribution in [0.4, 0.5) is 0 Å². The first-order valence-corrected chi connectivity index (χ1v) is 13.4. The number of aliphatic hydroxyl groups is 1. The average Bonchev–Trinajstić information content (AvgIpc) is 3.34. The molecule has 0 saturated carbocycles. The van der Waals surface area contributed by atoms with Gasteiger partial charge in [-0.05, 0) is 67.9 Å². The van der Waals surface area contributed by atoms with Gasteiger partial charge in [0.25, 0.3) is 5.91 Å². The summed E-state index contributed by atoms with van der Waals surface area (Å²) >= 11 is 0. The van der Waals surface area contributed by atoms with Crippen molar-refractivity contribution < 1.29 is 24.5 Å². The lowest BCUT2D eigenvalue weighted by Gasteiger charge is -2.45. The molecule has 0 radical (unpaired) electrons. The van der Waals surface area contributed by atoms with E-state index in [0.717, 1.165) is 11.4 Å². The number of piperidine rings is 1. The topological polar surface area (TPSA) is 113 Å². The molecule has 0 unspecified atom stereocenters. The number of benzene rings is 2. The highest BCUT2D eigenvalue weighted by Crippen LogP contribution is 2.46. The van der Waals surface area contributed by atoms with Gasteiger partial charge in [0.05, 0.1) is 28.1 Å². The first kappa shape index (κ1) is 24.1. The van der Waals surface area contributed by atoms with Crippen LogP contribution in [0.1, 0.15) is 55.4 Å². The van der Waals surface area contributed by atoms with Crippen LogP contribution in [0.3, 0.4) is 0 Å². The van der Waals surface area contributed by atoms with Crippen molar-refractivity contribution in [1.29, 1.82) is 5.26 Å². The van der Waals surface area contributed by atoms with Gasteiger partial charge in [0.1, 0.15) is 17.5 Å². The van der Waals surface area contributed by atoms with E-state index in [4.69, 9.17) is 4.74 Å². The molecule has 5 rings (SSSR count). The fourth-order valence-electron chi connectivity index (χ4n) is 5.00. The van der Waals surface area contributed by atoms with Crippen molar-refractivity contribution in [1.82, 2.24) is 9.47 Å². The maximum atomic E-state index is 13.2. The van der Waals surface area contributed by atoms with Crippen LogP contribution in [0.5, 0.6) is 5.75 Å². The maximum Gasteiger partial charge on any atom is 0.253 e. The predicted octanol–water partition coefficient (Wildman–Crippen LogP) is 3.79. The van der Waals surface area contributed by atoms with Gasteiger partial charge in [-0.2, -0.15) is 5.26 Å². The molecule has 2 aliphatic rings. The van der Waals surface area contributed by atoms with Crippen LogP contribution in [0, 0.1) is 11.3 Å². The molecular formula is C27H29N3O5S. The summed E-state index contributed by atoms with van der Waals surface area (Å²) in [6.45, 7) is 4.02. The number of aliphatic hydroxyl groups excluding tert-OH is 1. The number of likely N-dealkylation sites (tertiary alicyclic amines) is 1. The van der Waals surface area contributed by atoms with Crippen molar-refractivity contribution in [3.8, 4) is 17.5 Å². The number of carbonyl (C=O) groups is 1. The standard InChI is InChI=1S/C27H27N3O5S.H2/c1-18(2)36(33,34)22-7-4-20(5-8-22)26(32)29-13-11-27(12-14-29)25-10-6-21(16-28)30(25)23-9-3-19(17-31)15-24(23)35-27;/h3-10,15,18,31H,11-14,17H2,1-2H3;1H. The van der Waals surface area contributed by atoms with Crippen molar-refractivity contribution in [2.24, 2.45) is 0 Å². The molecule has 0 bridgehead atoms. The number of aromatic nitrogens is 1. The van der Waals surface area contributed by atoms with Crippen LogP contribution in [-0.2, 0) is 22.0 Å². The smallest absolute Gasteiger partial charge is 0.253 e. The minimum atomic E-state index is -3.40. The third-order valence-electron chi connectivity index (χ3n) is 7.12. The predicted molar refractivity (Wildman–Crippen MR) is 135 cm³/mol. The molecule has 3 heterocycles. The van der Waals surface area contributed by atoms with Gasteiger partial charge in [-0.25, -0.2) is 8.42 Å². The Labute approximate surface area is 211 Å². The molecule has 1 amide bonds. The van der Waals surface area contributed by atoms with Crippen molar-refractivity contribution in [3.05, 3.63) is 77.1 Å². The monoisotopic (exact) mass is 507 g/mol. The number of carbonyl (C=O) groups excluding carboxylic acids is 1. The van der Waals surface area contributed by atoms with Gasteiger partial charge in [0.2, 0.25) is 0 Å². The molecule has 1 fully saturated rings. The molecule has 2 aromatic carbocycles. The van der Waals surface area contributed by atoms with Crippen molar-refractivity contribution in [2.45, 2.75) is 49.0 Å². The molecule has 36 heavy (non-hydrogen) atoms. The van der Waals surface area contributed by atoms with Gasteiger partial charge in [0.15, 0.2) is 15.4 Å². The Bertz CT molecular complexity index is 1480. The van der Waals surface area contributed by atoms with E-state index in [1.807, 2.05) is 22.8 Å². The minimum Gasteiger partial charge on any atom is -0.479 e. The number of rotatable bonds is 4. The summed E-state index contributed by atoms with van der Waals surface area (Å²) in [5, 5.41) is 18.8. The Kier molecular flexibility index (Phi) is 5.89. The largest absolute Gasteiger partial charge is 0.479 e. The molecule has 9 heteroatoms. The first-order valence-electron chi connectivity index (χ1n) is 11.9. The lowest BCUT2D eigenvalue weighted by molar-refractivity contribution is -0.00949. The summed E-state index contributed by atoms with van der Waals surface area (Å²) in [6, 6.07) is 17.5. The summed E-state index contributed by atoms with van der Waals surface area (Å²) in [4.78, 5) is 15.2. The molecule has 1 aromatic heterocycles. The summed E-state index contributed by atoms with van der Waals surface area (Å²) in [5.74, 6) is 0.439. The quantitative estimate of drug-likeness (QED) is 0.575. The fraction of sp³-hybridized carbons (Fsp3) is 0.333. The Morgan fingerprint density at radius 1 is 1.14 bits per heavy atom. The Balaban J connectivity index is 0.00000320.